The Bertz CT molecular complexity index is 892. The number of aromatic nitrogens is 2. The molecule has 9 heteroatoms. The van der Waals surface area contributed by atoms with Crippen molar-refractivity contribution in [1.29, 1.82) is 0 Å². The predicted molar refractivity (Wildman–Crippen MR) is 103 cm³/mol. The summed E-state index contributed by atoms with van der Waals surface area (Å²) in [5, 5.41) is 14.7. The number of ketones is 1. The van der Waals surface area contributed by atoms with E-state index in [9.17, 15) is 14.9 Å². The Labute approximate surface area is 162 Å². The van der Waals surface area contributed by atoms with E-state index >= 15 is 0 Å². The minimum atomic E-state index is -0.476. The summed E-state index contributed by atoms with van der Waals surface area (Å²) in [4.78, 5) is 30.1. The number of anilines is 1. The summed E-state index contributed by atoms with van der Waals surface area (Å²) in [5.74, 6) is -0.108. The molecular formula is C19H23N5O4. The molecule has 1 atom stereocenters. The summed E-state index contributed by atoms with van der Waals surface area (Å²) >= 11 is 0. The number of hydrogen-bond donors (Lipinski definition) is 1. The average molecular weight is 385 g/mol. The van der Waals surface area contributed by atoms with Crippen molar-refractivity contribution in [2.24, 2.45) is 7.05 Å². The van der Waals surface area contributed by atoms with Crippen molar-refractivity contribution in [3.05, 3.63) is 52.1 Å². The second-order valence-corrected chi connectivity index (χ2v) is 7.28. The zero-order valence-corrected chi connectivity index (χ0v) is 15.7. The summed E-state index contributed by atoms with van der Waals surface area (Å²) in [5.41, 5.74) is 0.490. The Morgan fingerprint density at radius 3 is 2.93 bits per heavy atom. The molecule has 28 heavy (non-hydrogen) atoms. The Balaban J connectivity index is 1.47. The zero-order chi connectivity index (χ0) is 19.7. The molecule has 4 rings (SSSR count). The first-order chi connectivity index (χ1) is 13.5. The molecule has 0 bridgehead atoms. The van der Waals surface area contributed by atoms with Crippen LogP contribution >= 0.6 is 0 Å². The monoisotopic (exact) mass is 385 g/mol. The highest BCUT2D eigenvalue weighted by molar-refractivity contribution is 6.07. The predicted octanol–water partition coefficient (Wildman–Crippen LogP) is 1.83. The van der Waals surface area contributed by atoms with Crippen LogP contribution in [-0.4, -0.2) is 63.5 Å². The highest BCUT2D eigenvalue weighted by Gasteiger charge is 2.33. The second kappa shape index (κ2) is 7.69. The number of morpholine rings is 1. The molecule has 9 nitrogen and oxygen atoms in total. The maximum absolute atomic E-state index is 12.6. The lowest BCUT2D eigenvalue weighted by atomic mass is 10.1. The van der Waals surface area contributed by atoms with Crippen LogP contribution in [0.25, 0.3) is 0 Å². The molecule has 1 aromatic heterocycles. The maximum atomic E-state index is 12.6. The highest BCUT2D eigenvalue weighted by atomic mass is 16.6. The Morgan fingerprint density at radius 1 is 1.43 bits per heavy atom. The van der Waals surface area contributed by atoms with Crippen LogP contribution in [0.3, 0.4) is 0 Å². The minimum absolute atomic E-state index is 0.0113. The molecule has 1 saturated carbocycles. The molecule has 2 fully saturated rings. The lowest BCUT2D eigenvalue weighted by Crippen LogP contribution is -2.46. The van der Waals surface area contributed by atoms with E-state index in [1.165, 1.54) is 25.1 Å². The van der Waals surface area contributed by atoms with Crippen molar-refractivity contribution >= 4 is 17.2 Å². The lowest BCUT2D eigenvalue weighted by molar-refractivity contribution is -0.384. The van der Waals surface area contributed by atoms with Gasteiger partial charge in [-0.2, -0.15) is 0 Å². The van der Waals surface area contributed by atoms with Gasteiger partial charge in [-0.3, -0.25) is 19.8 Å². The van der Waals surface area contributed by atoms with Gasteiger partial charge in [0.1, 0.15) is 5.69 Å². The number of nitrogens with one attached hydrogen (secondary N) is 1. The number of imidazole rings is 1. The molecule has 0 radical (unpaired) electrons. The van der Waals surface area contributed by atoms with Crippen LogP contribution in [0, 0.1) is 10.1 Å². The molecule has 148 valence electrons. The van der Waals surface area contributed by atoms with Crippen molar-refractivity contribution in [2.75, 3.05) is 31.6 Å². The van der Waals surface area contributed by atoms with Crippen molar-refractivity contribution in [2.45, 2.75) is 25.0 Å². The molecule has 2 heterocycles. The van der Waals surface area contributed by atoms with E-state index in [0.29, 0.717) is 24.9 Å². The molecule has 1 saturated heterocycles. The fourth-order valence-corrected chi connectivity index (χ4v) is 3.55. The third kappa shape index (κ3) is 3.90. The topological polar surface area (TPSA) is 103 Å². The van der Waals surface area contributed by atoms with E-state index < -0.39 is 4.92 Å². The van der Waals surface area contributed by atoms with Crippen LogP contribution in [-0.2, 0) is 11.8 Å². The number of aryl methyl sites for hydroxylation is 1. The fourth-order valence-electron chi connectivity index (χ4n) is 3.55. The molecule has 2 aliphatic rings. The molecule has 0 spiro atoms. The Hall–Kier alpha value is -2.78. The number of ether oxygens (including phenoxy) is 1. The SMILES string of the molecule is Cn1ccnc1C(=O)c1ccc(NCC2CN(C3CC3)CCO2)c([N+](=O)[O-])c1. The van der Waals surface area contributed by atoms with E-state index in [1.54, 1.807) is 29.9 Å². The first kappa shape index (κ1) is 18.6. The number of nitro groups is 1. The van der Waals surface area contributed by atoms with Gasteiger partial charge < -0.3 is 14.6 Å². The number of carbonyl (C=O) groups is 1. The number of hydrogen-bond acceptors (Lipinski definition) is 7. The number of rotatable bonds is 7. The summed E-state index contributed by atoms with van der Waals surface area (Å²) in [6.45, 7) is 2.95. The van der Waals surface area contributed by atoms with Gasteiger partial charge in [-0.15, -0.1) is 0 Å². The van der Waals surface area contributed by atoms with E-state index in [-0.39, 0.29) is 29.0 Å². The van der Waals surface area contributed by atoms with E-state index in [1.807, 2.05) is 0 Å². The van der Waals surface area contributed by atoms with Gasteiger partial charge in [-0.05, 0) is 25.0 Å². The molecule has 1 N–H and O–H groups in total. The summed E-state index contributed by atoms with van der Waals surface area (Å²) in [6, 6.07) is 5.15. The van der Waals surface area contributed by atoms with Gasteiger partial charge in [-0.25, -0.2) is 4.98 Å². The Morgan fingerprint density at radius 2 is 2.25 bits per heavy atom. The molecule has 1 unspecified atom stereocenters. The normalized spacial score (nSPS) is 20.1. The number of nitrogens with zero attached hydrogens (tertiary/aromatic N) is 4. The third-order valence-corrected chi connectivity index (χ3v) is 5.23. The quantitative estimate of drug-likeness (QED) is 0.441. The average Bonchev–Trinajstić information content (AvgIpc) is 3.47. The molecule has 0 amide bonds. The van der Waals surface area contributed by atoms with Gasteiger partial charge in [0, 0.05) is 56.7 Å². The molecule has 1 aliphatic heterocycles. The van der Waals surface area contributed by atoms with E-state index in [2.05, 4.69) is 15.2 Å². The van der Waals surface area contributed by atoms with E-state index in [0.717, 1.165) is 13.1 Å². The van der Waals surface area contributed by atoms with E-state index in [4.69, 9.17) is 4.74 Å². The van der Waals surface area contributed by atoms with Crippen LogP contribution in [0.2, 0.25) is 0 Å². The largest absolute Gasteiger partial charge is 0.377 e. The van der Waals surface area contributed by atoms with Crippen LogP contribution in [0.1, 0.15) is 29.0 Å². The first-order valence-corrected chi connectivity index (χ1v) is 9.43. The van der Waals surface area contributed by atoms with Crippen LogP contribution in [0.4, 0.5) is 11.4 Å². The van der Waals surface area contributed by atoms with Crippen LogP contribution < -0.4 is 5.32 Å². The highest BCUT2D eigenvalue weighted by Crippen LogP contribution is 2.29. The third-order valence-electron chi connectivity index (χ3n) is 5.23. The van der Waals surface area contributed by atoms with Crippen LogP contribution in [0.5, 0.6) is 0 Å². The van der Waals surface area contributed by atoms with Crippen LogP contribution in [0.15, 0.2) is 30.6 Å². The molecule has 2 aromatic rings. The molecule has 1 aromatic carbocycles. The molecular weight excluding hydrogens is 362 g/mol. The number of nitro benzene ring substituents is 1. The fraction of sp³-hybridized carbons (Fsp3) is 0.474. The standard InChI is InChI=1S/C19H23N5O4/c1-22-7-6-20-19(22)18(25)13-2-5-16(17(10-13)24(26)27)21-11-15-12-23(8-9-28-15)14-3-4-14/h2,5-7,10,14-15,21H,3-4,8-9,11-12H2,1H3. The summed E-state index contributed by atoms with van der Waals surface area (Å²) in [6.07, 6.45) is 5.66. The lowest BCUT2D eigenvalue weighted by Gasteiger charge is -2.33. The van der Waals surface area contributed by atoms with Crippen molar-refractivity contribution < 1.29 is 14.5 Å². The second-order valence-electron chi connectivity index (χ2n) is 7.28. The number of carbonyl (C=O) groups excluding carboxylic acids is 1. The van der Waals surface area contributed by atoms with Gasteiger partial charge >= 0.3 is 0 Å². The van der Waals surface area contributed by atoms with Crippen molar-refractivity contribution in [3.63, 3.8) is 0 Å². The van der Waals surface area contributed by atoms with Crippen molar-refractivity contribution in [1.82, 2.24) is 14.5 Å². The van der Waals surface area contributed by atoms with Gasteiger partial charge in [0.25, 0.3) is 5.69 Å². The number of benzene rings is 1. The first-order valence-electron chi connectivity index (χ1n) is 9.43. The van der Waals surface area contributed by atoms with Gasteiger partial charge in [-0.1, -0.05) is 0 Å². The van der Waals surface area contributed by atoms with Crippen molar-refractivity contribution in [3.8, 4) is 0 Å². The Kier molecular flexibility index (Phi) is 5.10. The smallest absolute Gasteiger partial charge is 0.293 e. The van der Waals surface area contributed by atoms with Gasteiger partial charge in [0.05, 0.1) is 17.6 Å². The van der Waals surface area contributed by atoms with Gasteiger partial charge in [0.15, 0.2) is 5.82 Å². The molecule has 1 aliphatic carbocycles. The van der Waals surface area contributed by atoms with Gasteiger partial charge in [0.2, 0.25) is 5.78 Å². The maximum Gasteiger partial charge on any atom is 0.293 e. The summed E-state index contributed by atoms with van der Waals surface area (Å²) in [7, 11) is 1.71. The summed E-state index contributed by atoms with van der Waals surface area (Å²) < 4.78 is 7.38. The zero-order valence-electron chi connectivity index (χ0n) is 15.7. The minimum Gasteiger partial charge on any atom is -0.377 e.